The van der Waals surface area contributed by atoms with E-state index in [0.29, 0.717) is 11.8 Å². The molecule has 2 nitrogen and oxygen atoms in total. The first kappa shape index (κ1) is 9.56. The number of carboxylic acid groups (broad SMARTS) is 1. The van der Waals surface area contributed by atoms with Gasteiger partial charge in [0.1, 0.15) is 0 Å². The zero-order chi connectivity index (χ0) is 9.14. The van der Waals surface area contributed by atoms with E-state index in [1.165, 1.54) is 6.42 Å². The van der Waals surface area contributed by atoms with Crippen molar-refractivity contribution in [3.8, 4) is 0 Å². The first-order valence-corrected chi connectivity index (χ1v) is 4.82. The second-order valence-electron chi connectivity index (χ2n) is 4.34. The average Bonchev–Trinajstić information content (AvgIpc) is 2.34. The molecule has 70 valence electrons. The van der Waals surface area contributed by atoms with Crippen LogP contribution in [0.2, 0.25) is 0 Å². The summed E-state index contributed by atoms with van der Waals surface area (Å²) in [5.41, 5.74) is 0. The standard InChI is InChI=1S/C10H18O2/c1-7(2)5-8-3-4-9(6-8)10(11)12/h7-9H,3-6H2,1-2H3,(H,11,12)/t8-,9+/m1/s1. The summed E-state index contributed by atoms with van der Waals surface area (Å²) in [4.78, 5) is 10.6. The van der Waals surface area contributed by atoms with Crippen molar-refractivity contribution in [3.05, 3.63) is 0 Å². The second kappa shape index (κ2) is 3.92. The molecule has 0 aromatic rings. The quantitative estimate of drug-likeness (QED) is 0.706. The lowest BCUT2D eigenvalue weighted by molar-refractivity contribution is -0.141. The Morgan fingerprint density at radius 2 is 2.17 bits per heavy atom. The third-order valence-corrected chi connectivity index (χ3v) is 2.70. The highest BCUT2D eigenvalue weighted by molar-refractivity contribution is 5.70. The molecular formula is C10H18O2. The molecule has 0 spiro atoms. The highest BCUT2D eigenvalue weighted by Gasteiger charge is 2.29. The van der Waals surface area contributed by atoms with Crippen molar-refractivity contribution < 1.29 is 9.90 Å². The van der Waals surface area contributed by atoms with E-state index >= 15 is 0 Å². The van der Waals surface area contributed by atoms with E-state index in [-0.39, 0.29) is 5.92 Å². The van der Waals surface area contributed by atoms with Gasteiger partial charge in [0.2, 0.25) is 0 Å². The molecule has 0 heterocycles. The fourth-order valence-corrected chi connectivity index (χ4v) is 2.18. The van der Waals surface area contributed by atoms with Gasteiger partial charge in [0.05, 0.1) is 5.92 Å². The Kier molecular flexibility index (Phi) is 3.12. The van der Waals surface area contributed by atoms with E-state index in [2.05, 4.69) is 13.8 Å². The van der Waals surface area contributed by atoms with Crippen LogP contribution in [0, 0.1) is 17.8 Å². The molecule has 0 bridgehead atoms. The molecule has 1 saturated carbocycles. The van der Waals surface area contributed by atoms with Gasteiger partial charge in [0.25, 0.3) is 0 Å². The molecule has 1 aliphatic carbocycles. The molecule has 2 heteroatoms. The van der Waals surface area contributed by atoms with E-state index in [9.17, 15) is 4.79 Å². The van der Waals surface area contributed by atoms with E-state index in [1.54, 1.807) is 0 Å². The van der Waals surface area contributed by atoms with Crippen LogP contribution < -0.4 is 0 Å². The normalized spacial score (nSPS) is 29.6. The highest BCUT2D eigenvalue weighted by atomic mass is 16.4. The van der Waals surface area contributed by atoms with E-state index in [4.69, 9.17) is 5.11 Å². The summed E-state index contributed by atoms with van der Waals surface area (Å²) in [5, 5.41) is 8.77. The van der Waals surface area contributed by atoms with Crippen molar-refractivity contribution in [2.24, 2.45) is 17.8 Å². The van der Waals surface area contributed by atoms with Gasteiger partial charge in [-0.15, -0.1) is 0 Å². The molecular weight excluding hydrogens is 152 g/mol. The lowest BCUT2D eigenvalue weighted by Crippen LogP contribution is -2.10. The maximum absolute atomic E-state index is 10.6. The number of aliphatic carboxylic acids is 1. The summed E-state index contributed by atoms with van der Waals surface area (Å²) in [6.07, 6.45) is 4.12. The molecule has 0 unspecified atom stereocenters. The van der Waals surface area contributed by atoms with Gasteiger partial charge in [0.15, 0.2) is 0 Å². The lowest BCUT2D eigenvalue weighted by atomic mass is 9.95. The Balaban J connectivity index is 2.30. The summed E-state index contributed by atoms with van der Waals surface area (Å²) in [5.74, 6) is 0.739. The van der Waals surface area contributed by atoms with Gasteiger partial charge in [0, 0.05) is 0 Å². The largest absolute Gasteiger partial charge is 0.481 e. The molecule has 1 aliphatic rings. The Bertz CT molecular complexity index is 163. The molecule has 1 N–H and O–H groups in total. The zero-order valence-electron chi connectivity index (χ0n) is 7.92. The third kappa shape index (κ3) is 2.50. The summed E-state index contributed by atoms with van der Waals surface area (Å²) in [6, 6.07) is 0. The predicted molar refractivity (Wildman–Crippen MR) is 47.9 cm³/mol. The topological polar surface area (TPSA) is 37.3 Å². The van der Waals surface area contributed by atoms with Crippen LogP contribution in [0.25, 0.3) is 0 Å². The first-order chi connectivity index (χ1) is 5.59. The Hall–Kier alpha value is -0.530. The molecule has 0 aromatic carbocycles. The highest BCUT2D eigenvalue weighted by Crippen LogP contribution is 2.34. The van der Waals surface area contributed by atoms with Gasteiger partial charge in [-0.1, -0.05) is 13.8 Å². The number of carboxylic acids is 1. The molecule has 2 atom stereocenters. The van der Waals surface area contributed by atoms with Crippen molar-refractivity contribution in [2.75, 3.05) is 0 Å². The Labute approximate surface area is 74.0 Å². The van der Waals surface area contributed by atoms with Crippen LogP contribution in [0.1, 0.15) is 39.5 Å². The van der Waals surface area contributed by atoms with E-state index < -0.39 is 5.97 Å². The van der Waals surface area contributed by atoms with E-state index in [1.807, 2.05) is 0 Å². The van der Waals surface area contributed by atoms with Crippen LogP contribution in [0.15, 0.2) is 0 Å². The smallest absolute Gasteiger partial charge is 0.306 e. The molecule has 0 radical (unpaired) electrons. The van der Waals surface area contributed by atoms with Crippen molar-refractivity contribution >= 4 is 5.97 Å². The van der Waals surface area contributed by atoms with Crippen molar-refractivity contribution in [3.63, 3.8) is 0 Å². The van der Waals surface area contributed by atoms with Gasteiger partial charge in [-0.2, -0.15) is 0 Å². The molecule has 0 aromatic heterocycles. The summed E-state index contributed by atoms with van der Waals surface area (Å²) < 4.78 is 0. The maximum Gasteiger partial charge on any atom is 0.306 e. The van der Waals surface area contributed by atoms with Gasteiger partial charge in [-0.05, 0) is 37.5 Å². The predicted octanol–water partition coefficient (Wildman–Crippen LogP) is 2.53. The minimum Gasteiger partial charge on any atom is -0.481 e. The SMILES string of the molecule is CC(C)C[C@H]1CC[C@H](C(=O)O)C1. The Morgan fingerprint density at radius 3 is 2.58 bits per heavy atom. The van der Waals surface area contributed by atoms with Crippen LogP contribution >= 0.6 is 0 Å². The number of carbonyl (C=O) groups is 1. The molecule has 1 fully saturated rings. The van der Waals surface area contributed by atoms with Gasteiger partial charge in [-0.3, -0.25) is 4.79 Å². The van der Waals surface area contributed by atoms with Crippen LogP contribution in [0.3, 0.4) is 0 Å². The second-order valence-corrected chi connectivity index (χ2v) is 4.34. The van der Waals surface area contributed by atoms with Gasteiger partial charge >= 0.3 is 5.97 Å². The minimum atomic E-state index is -0.596. The van der Waals surface area contributed by atoms with Crippen LogP contribution in [0.4, 0.5) is 0 Å². The minimum absolute atomic E-state index is 0.0475. The first-order valence-electron chi connectivity index (χ1n) is 4.82. The van der Waals surface area contributed by atoms with Crippen molar-refractivity contribution in [1.82, 2.24) is 0 Å². The van der Waals surface area contributed by atoms with Crippen LogP contribution in [-0.2, 0) is 4.79 Å². The van der Waals surface area contributed by atoms with Gasteiger partial charge in [-0.25, -0.2) is 0 Å². The van der Waals surface area contributed by atoms with Crippen LogP contribution in [-0.4, -0.2) is 11.1 Å². The number of hydrogen-bond donors (Lipinski definition) is 1. The number of rotatable bonds is 3. The molecule has 0 saturated heterocycles. The lowest BCUT2D eigenvalue weighted by Gasteiger charge is -2.11. The fourth-order valence-electron chi connectivity index (χ4n) is 2.18. The number of hydrogen-bond acceptors (Lipinski definition) is 1. The van der Waals surface area contributed by atoms with Crippen LogP contribution in [0.5, 0.6) is 0 Å². The molecule has 0 aliphatic heterocycles. The zero-order valence-corrected chi connectivity index (χ0v) is 7.92. The summed E-state index contributed by atoms with van der Waals surface area (Å²) >= 11 is 0. The average molecular weight is 170 g/mol. The van der Waals surface area contributed by atoms with Crippen molar-refractivity contribution in [2.45, 2.75) is 39.5 Å². The van der Waals surface area contributed by atoms with Gasteiger partial charge < -0.3 is 5.11 Å². The summed E-state index contributed by atoms with van der Waals surface area (Å²) in [7, 11) is 0. The monoisotopic (exact) mass is 170 g/mol. The van der Waals surface area contributed by atoms with E-state index in [0.717, 1.165) is 19.3 Å². The molecule has 0 amide bonds. The Morgan fingerprint density at radius 1 is 1.50 bits per heavy atom. The molecule has 1 rings (SSSR count). The third-order valence-electron chi connectivity index (χ3n) is 2.70. The summed E-state index contributed by atoms with van der Waals surface area (Å²) in [6.45, 7) is 4.40. The maximum atomic E-state index is 10.6. The molecule has 12 heavy (non-hydrogen) atoms. The van der Waals surface area contributed by atoms with Crippen molar-refractivity contribution in [1.29, 1.82) is 0 Å². The fraction of sp³-hybridized carbons (Fsp3) is 0.900.